The molecule has 0 unspecified atom stereocenters. The SMILES string of the molecule is CCCNC(=O)NC(=O)CSc1ccc(OC)cc1. The highest BCUT2D eigenvalue weighted by Gasteiger charge is 2.07. The summed E-state index contributed by atoms with van der Waals surface area (Å²) in [7, 11) is 1.60. The summed E-state index contributed by atoms with van der Waals surface area (Å²) in [5, 5.41) is 4.85. The van der Waals surface area contributed by atoms with E-state index in [9.17, 15) is 9.59 Å². The lowest BCUT2D eigenvalue weighted by atomic mass is 10.3. The average molecular weight is 282 g/mol. The van der Waals surface area contributed by atoms with E-state index in [1.54, 1.807) is 7.11 Å². The zero-order chi connectivity index (χ0) is 14.1. The number of hydrogen-bond acceptors (Lipinski definition) is 4. The summed E-state index contributed by atoms with van der Waals surface area (Å²) in [6, 6.07) is 6.95. The highest BCUT2D eigenvalue weighted by molar-refractivity contribution is 8.00. The molecule has 0 aliphatic heterocycles. The lowest BCUT2D eigenvalue weighted by Crippen LogP contribution is -2.40. The molecule has 3 amide bonds. The van der Waals surface area contributed by atoms with E-state index in [-0.39, 0.29) is 11.7 Å². The van der Waals surface area contributed by atoms with Crippen molar-refractivity contribution in [3.63, 3.8) is 0 Å². The van der Waals surface area contributed by atoms with Gasteiger partial charge in [0.05, 0.1) is 12.9 Å². The van der Waals surface area contributed by atoms with Gasteiger partial charge < -0.3 is 10.1 Å². The van der Waals surface area contributed by atoms with Crippen LogP contribution in [0.15, 0.2) is 29.2 Å². The van der Waals surface area contributed by atoms with E-state index in [1.165, 1.54) is 11.8 Å². The maximum Gasteiger partial charge on any atom is 0.321 e. The third-order valence-corrected chi connectivity index (χ3v) is 3.23. The van der Waals surface area contributed by atoms with E-state index >= 15 is 0 Å². The molecule has 1 rings (SSSR count). The molecule has 2 N–H and O–H groups in total. The van der Waals surface area contributed by atoms with Crippen molar-refractivity contribution in [2.75, 3.05) is 19.4 Å². The van der Waals surface area contributed by atoms with Gasteiger partial charge in [-0.2, -0.15) is 0 Å². The Kier molecular flexibility index (Phi) is 6.81. The molecule has 0 heterocycles. The minimum absolute atomic E-state index is 0.200. The first-order valence-electron chi connectivity index (χ1n) is 6.00. The molecule has 5 nitrogen and oxygen atoms in total. The first-order valence-corrected chi connectivity index (χ1v) is 6.98. The summed E-state index contributed by atoms with van der Waals surface area (Å²) < 4.78 is 5.04. The van der Waals surface area contributed by atoms with Crippen molar-refractivity contribution < 1.29 is 14.3 Å². The van der Waals surface area contributed by atoms with Crippen LogP contribution in [0.25, 0.3) is 0 Å². The average Bonchev–Trinajstić information content (AvgIpc) is 2.43. The number of benzene rings is 1. The number of ether oxygens (including phenoxy) is 1. The second-order valence-corrected chi connectivity index (χ2v) is 4.82. The minimum atomic E-state index is -0.442. The third-order valence-electron chi connectivity index (χ3n) is 2.22. The van der Waals surface area contributed by atoms with Crippen molar-refractivity contribution in [2.45, 2.75) is 18.2 Å². The van der Waals surface area contributed by atoms with Gasteiger partial charge in [0.2, 0.25) is 5.91 Å². The Balaban J connectivity index is 2.31. The van der Waals surface area contributed by atoms with Gasteiger partial charge in [0, 0.05) is 11.4 Å². The fourth-order valence-electron chi connectivity index (χ4n) is 1.27. The molecule has 1 aromatic carbocycles. The van der Waals surface area contributed by atoms with Crippen LogP contribution in [0.4, 0.5) is 4.79 Å². The molecule has 0 fully saturated rings. The molecule has 6 heteroatoms. The number of hydrogen-bond donors (Lipinski definition) is 2. The Bertz CT molecular complexity index is 420. The highest BCUT2D eigenvalue weighted by Crippen LogP contribution is 2.20. The van der Waals surface area contributed by atoms with Gasteiger partial charge in [-0.05, 0) is 30.7 Å². The van der Waals surface area contributed by atoms with E-state index in [2.05, 4.69) is 10.6 Å². The fraction of sp³-hybridized carbons (Fsp3) is 0.385. The van der Waals surface area contributed by atoms with Crippen LogP contribution in [-0.2, 0) is 4.79 Å². The molecule has 1 aromatic rings. The fourth-order valence-corrected chi connectivity index (χ4v) is 1.96. The van der Waals surface area contributed by atoms with Gasteiger partial charge in [-0.25, -0.2) is 4.79 Å². The predicted octanol–water partition coefficient (Wildman–Crippen LogP) is 2.02. The van der Waals surface area contributed by atoms with E-state index in [1.807, 2.05) is 31.2 Å². The molecule has 0 saturated heterocycles. The van der Waals surface area contributed by atoms with Crippen LogP contribution < -0.4 is 15.4 Å². The lowest BCUT2D eigenvalue weighted by molar-refractivity contribution is -0.117. The van der Waals surface area contributed by atoms with Gasteiger partial charge in [-0.15, -0.1) is 11.8 Å². The van der Waals surface area contributed by atoms with Crippen molar-refractivity contribution in [3.8, 4) is 5.75 Å². The van der Waals surface area contributed by atoms with Gasteiger partial charge >= 0.3 is 6.03 Å². The smallest absolute Gasteiger partial charge is 0.321 e. The summed E-state index contributed by atoms with van der Waals surface area (Å²) in [6.07, 6.45) is 0.836. The maximum atomic E-state index is 11.5. The first-order chi connectivity index (χ1) is 9.15. The molecule has 0 saturated carbocycles. The Morgan fingerprint density at radius 3 is 2.53 bits per heavy atom. The van der Waals surface area contributed by atoms with Crippen LogP contribution in [0.3, 0.4) is 0 Å². The van der Waals surface area contributed by atoms with Crippen LogP contribution in [0.5, 0.6) is 5.75 Å². The van der Waals surface area contributed by atoms with Gasteiger partial charge in [0.1, 0.15) is 5.75 Å². The second-order valence-electron chi connectivity index (χ2n) is 3.77. The number of carbonyl (C=O) groups is 2. The maximum absolute atomic E-state index is 11.5. The van der Waals surface area contributed by atoms with Crippen molar-refractivity contribution in [3.05, 3.63) is 24.3 Å². The normalized spacial score (nSPS) is 9.79. The molecule has 0 spiro atoms. The molecule has 0 aliphatic rings. The number of imide groups is 1. The van der Waals surface area contributed by atoms with E-state index < -0.39 is 6.03 Å². The zero-order valence-corrected chi connectivity index (χ0v) is 11.9. The summed E-state index contributed by atoms with van der Waals surface area (Å²) in [4.78, 5) is 23.7. The van der Waals surface area contributed by atoms with Crippen molar-refractivity contribution in [2.24, 2.45) is 0 Å². The monoisotopic (exact) mass is 282 g/mol. The number of thioether (sulfide) groups is 1. The van der Waals surface area contributed by atoms with Crippen molar-refractivity contribution in [1.82, 2.24) is 10.6 Å². The summed E-state index contributed by atoms with van der Waals surface area (Å²) in [5.74, 6) is 0.661. The van der Waals surface area contributed by atoms with E-state index in [4.69, 9.17) is 4.74 Å². The zero-order valence-electron chi connectivity index (χ0n) is 11.1. The molecule has 0 radical (unpaired) electrons. The summed E-state index contributed by atoms with van der Waals surface area (Å²) >= 11 is 1.37. The van der Waals surface area contributed by atoms with Crippen molar-refractivity contribution >= 4 is 23.7 Å². The first kappa shape index (κ1) is 15.4. The Morgan fingerprint density at radius 1 is 1.26 bits per heavy atom. The topological polar surface area (TPSA) is 67.4 Å². The summed E-state index contributed by atoms with van der Waals surface area (Å²) in [6.45, 7) is 2.51. The van der Waals surface area contributed by atoms with Crippen molar-refractivity contribution in [1.29, 1.82) is 0 Å². The number of urea groups is 1. The Hall–Kier alpha value is -1.69. The number of amides is 3. The summed E-state index contributed by atoms with van der Waals surface area (Å²) in [5.41, 5.74) is 0. The van der Waals surface area contributed by atoms with Gasteiger partial charge in [0.25, 0.3) is 0 Å². The Labute approximate surface area is 117 Å². The Morgan fingerprint density at radius 2 is 1.95 bits per heavy atom. The molecular formula is C13H18N2O3S. The molecule has 19 heavy (non-hydrogen) atoms. The lowest BCUT2D eigenvalue weighted by Gasteiger charge is -2.06. The van der Waals surface area contributed by atoms with Crippen LogP contribution in [0, 0.1) is 0 Å². The molecule has 104 valence electrons. The van der Waals surface area contributed by atoms with E-state index in [0.29, 0.717) is 6.54 Å². The third kappa shape index (κ3) is 6.15. The van der Waals surface area contributed by atoms with Crippen LogP contribution in [-0.4, -0.2) is 31.3 Å². The van der Waals surface area contributed by atoms with Crippen LogP contribution in [0.2, 0.25) is 0 Å². The van der Waals surface area contributed by atoms with Crippen LogP contribution >= 0.6 is 11.8 Å². The standard InChI is InChI=1S/C13H18N2O3S/c1-3-8-14-13(17)15-12(16)9-19-11-6-4-10(18-2)5-7-11/h4-7H,3,8-9H2,1-2H3,(H2,14,15,16,17). The van der Waals surface area contributed by atoms with Gasteiger partial charge in [-0.1, -0.05) is 6.92 Å². The second kappa shape index (κ2) is 8.42. The molecule has 0 atom stereocenters. The number of carbonyl (C=O) groups excluding carboxylic acids is 2. The van der Waals surface area contributed by atoms with Gasteiger partial charge in [-0.3, -0.25) is 10.1 Å². The molecular weight excluding hydrogens is 264 g/mol. The molecule has 0 aliphatic carbocycles. The van der Waals surface area contributed by atoms with Gasteiger partial charge in [0.15, 0.2) is 0 Å². The largest absolute Gasteiger partial charge is 0.497 e. The number of rotatable bonds is 6. The quantitative estimate of drug-likeness (QED) is 0.783. The van der Waals surface area contributed by atoms with E-state index in [0.717, 1.165) is 17.1 Å². The molecule has 0 bridgehead atoms. The molecule has 0 aromatic heterocycles. The van der Waals surface area contributed by atoms with Crippen LogP contribution in [0.1, 0.15) is 13.3 Å². The highest BCUT2D eigenvalue weighted by atomic mass is 32.2. The number of methoxy groups -OCH3 is 1. The predicted molar refractivity (Wildman–Crippen MR) is 75.6 cm³/mol. The number of nitrogens with one attached hydrogen (secondary N) is 2. The minimum Gasteiger partial charge on any atom is -0.497 e.